The zero-order valence-electron chi connectivity index (χ0n) is 12.9. The van der Waals surface area contributed by atoms with Crippen LogP contribution in [0, 0.1) is 0 Å². The highest BCUT2D eigenvalue weighted by atomic mass is 35.5. The number of hydrogen-bond donors (Lipinski definition) is 1. The molecule has 4 aromatic rings. The number of aromatic hydroxyl groups is 1. The van der Waals surface area contributed by atoms with Crippen molar-refractivity contribution in [3.8, 4) is 11.4 Å². The minimum Gasteiger partial charge on any atom is -0.508 e. The van der Waals surface area contributed by atoms with Crippen LogP contribution in [0.2, 0.25) is 5.15 Å². The molecule has 124 valence electrons. The Morgan fingerprint density at radius 1 is 1.08 bits per heavy atom. The largest absolute Gasteiger partial charge is 0.508 e. The molecule has 0 fully saturated rings. The van der Waals surface area contributed by atoms with Gasteiger partial charge in [0.25, 0.3) is 0 Å². The molecule has 0 saturated carbocycles. The van der Waals surface area contributed by atoms with Gasteiger partial charge in [0, 0.05) is 16.7 Å². The van der Waals surface area contributed by atoms with Crippen molar-refractivity contribution in [1.29, 1.82) is 0 Å². The molecule has 0 unspecified atom stereocenters. The summed E-state index contributed by atoms with van der Waals surface area (Å²) in [7, 11) is 0. The number of thioether (sulfide) groups is 1. The molecule has 2 aromatic heterocycles. The molecule has 25 heavy (non-hydrogen) atoms. The second-order valence-electron chi connectivity index (χ2n) is 5.31. The lowest BCUT2D eigenvalue weighted by atomic mass is 10.2. The molecule has 0 bridgehead atoms. The Labute approximate surface area is 152 Å². The minimum atomic E-state index is 0.194. The number of hydrogen-bond acceptors (Lipinski definition) is 6. The summed E-state index contributed by atoms with van der Waals surface area (Å²) in [4.78, 5) is 4.43. The van der Waals surface area contributed by atoms with Crippen LogP contribution in [0.3, 0.4) is 0 Å². The van der Waals surface area contributed by atoms with Crippen LogP contribution in [-0.2, 0) is 5.75 Å². The van der Waals surface area contributed by atoms with Gasteiger partial charge in [-0.2, -0.15) is 4.68 Å². The minimum absolute atomic E-state index is 0.194. The topological polar surface area (TPSA) is 76.7 Å². The van der Waals surface area contributed by atoms with Gasteiger partial charge < -0.3 is 5.11 Å². The summed E-state index contributed by atoms with van der Waals surface area (Å²) >= 11 is 7.78. The summed E-state index contributed by atoms with van der Waals surface area (Å²) in [5, 5.41) is 23.4. The Morgan fingerprint density at radius 3 is 2.72 bits per heavy atom. The van der Waals surface area contributed by atoms with Crippen molar-refractivity contribution in [2.75, 3.05) is 0 Å². The van der Waals surface area contributed by atoms with Crippen LogP contribution in [0.25, 0.3) is 16.6 Å². The molecular formula is C17H12ClN5OS. The maximum Gasteiger partial charge on any atom is 0.214 e. The molecule has 0 atom stereocenters. The maximum absolute atomic E-state index is 9.40. The number of para-hydroxylation sites is 1. The van der Waals surface area contributed by atoms with E-state index in [1.807, 2.05) is 30.3 Å². The zero-order valence-corrected chi connectivity index (χ0v) is 14.4. The van der Waals surface area contributed by atoms with E-state index in [1.54, 1.807) is 28.9 Å². The zero-order chi connectivity index (χ0) is 17.2. The smallest absolute Gasteiger partial charge is 0.214 e. The third kappa shape index (κ3) is 3.29. The van der Waals surface area contributed by atoms with E-state index in [2.05, 4.69) is 20.5 Å². The first-order valence-electron chi connectivity index (χ1n) is 7.45. The van der Waals surface area contributed by atoms with Gasteiger partial charge in [0.15, 0.2) is 0 Å². The monoisotopic (exact) mass is 369 g/mol. The van der Waals surface area contributed by atoms with Crippen LogP contribution in [0.15, 0.2) is 59.8 Å². The Hall–Kier alpha value is -2.64. The quantitative estimate of drug-likeness (QED) is 0.434. The van der Waals surface area contributed by atoms with Crippen molar-refractivity contribution < 1.29 is 5.11 Å². The highest BCUT2D eigenvalue weighted by molar-refractivity contribution is 7.98. The van der Waals surface area contributed by atoms with Gasteiger partial charge in [-0.3, -0.25) is 0 Å². The molecule has 0 aliphatic carbocycles. The normalized spacial score (nSPS) is 11.1. The number of phenolic OH excluding ortho intramolecular Hbond substituents is 1. The van der Waals surface area contributed by atoms with E-state index >= 15 is 0 Å². The third-order valence-corrected chi connectivity index (χ3v) is 4.94. The van der Waals surface area contributed by atoms with E-state index < -0.39 is 0 Å². The highest BCUT2D eigenvalue weighted by Crippen LogP contribution is 2.28. The predicted octanol–water partition coefficient (Wildman–Crippen LogP) is 3.86. The first kappa shape index (κ1) is 15.9. The number of benzene rings is 2. The summed E-state index contributed by atoms with van der Waals surface area (Å²) in [6, 6.07) is 16.6. The summed E-state index contributed by atoms with van der Waals surface area (Å²) in [6.07, 6.45) is 0. The lowest BCUT2D eigenvalue weighted by Gasteiger charge is -2.07. The number of rotatable bonds is 4. The van der Waals surface area contributed by atoms with Gasteiger partial charge in [0.2, 0.25) is 5.16 Å². The van der Waals surface area contributed by atoms with Gasteiger partial charge in [-0.05, 0) is 46.8 Å². The summed E-state index contributed by atoms with van der Waals surface area (Å²) < 4.78 is 1.62. The number of nitrogens with zero attached hydrogens (tertiary/aromatic N) is 5. The van der Waals surface area contributed by atoms with Gasteiger partial charge in [-0.1, -0.05) is 41.6 Å². The first-order chi connectivity index (χ1) is 12.2. The molecule has 0 saturated heterocycles. The van der Waals surface area contributed by atoms with E-state index in [4.69, 9.17) is 11.6 Å². The molecule has 4 rings (SSSR count). The van der Waals surface area contributed by atoms with E-state index in [0.717, 1.165) is 22.2 Å². The number of aromatic nitrogens is 5. The average molecular weight is 370 g/mol. The second-order valence-corrected chi connectivity index (χ2v) is 6.61. The standard InChI is InChI=1S/C17H12ClN5OS/c18-16-12(9-11-3-1-2-4-15(11)19-16)10-25-17-20-21-22-23(17)13-5-7-14(24)8-6-13/h1-9,24H,10H2. The predicted molar refractivity (Wildman–Crippen MR) is 97.1 cm³/mol. The number of pyridine rings is 1. The van der Waals surface area contributed by atoms with E-state index in [0.29, 0.717) is 16.1 Å². The van der Waals surface area contributed by atoms with Gasteiger partial charge in [0.05, 0.1) is 11.2 Å². The van der Waals surface area contributed by atoms with E-state index in [1.165, 1.54) is 11.8 Å². The van der Waals surface area contributed by atoms with Crippen LogP contribution < -0.4 is 0 Å². The van der Waals surface area contributed by atoms with Crippen molar-refractivity contribution in [3.05, 3.63) is 65.3 Å². The molecule has 2 aromatic carbocycles. The summed E-state index contributed by atoms with van der Waals surface area (Å²) in [5.74, 6) is 0.787. The van der Waals surface area contributed by atoms with Crippen molar-refractivity contribution in [2.45, 2.75) is 10.9 Å². The lowest BCUT2D eigenvalue weighted by molar-refractivity contribution is 0.475. The molecule has 0 amide bonds. The van der Waals surface area contributed by atoms with Gasteiger partial charge in [-0.15, -0.1) is 5.10 Å². The number of tetrazole rings is 1. The highest BCUT2D eigenvalue weighted by Gasteiger charge is 2.12. The molecule has 0 spiro atoms. The van der Waals surface area contributed by atoms with Gasteiger partial charge in [-0.25, -0.2) is 4.98 Å². The van der Waals surface area contributed by atoms with Crippen molar-refractivity contribution in [2.24, 2.45) is 0 Å². The Kier molecular flexibility index (Phi) is 4.25. The molecular weight excluding hydrogens is 358 g/mol. The molecule has 0 aliphatic rings. The van der Waals surface area contributed by atoms with Crippen LogP contribution in [-0.4, -0.2) is 30.3 Å². The fourth-order valence-electron chi connectivity index (χ4n) is 2.40. The molecule has 8 heteroatoms. The van der Waals surface area contributed by atoms with Crippen molar-refractivity contribution in [3.63, 3.8) is 0 Å². The Bertz CT molecular complexity index is 1030. The van der Waals surface area contributed by atoms with Crippen LogP contribution in [0.1, 0.15) is 5.56 Å². The number of fused-ring (bicyclic) bond motifs is 1. The van der Waals surface area contributed by atoms with E-state index in [9.17, 15) is 5.11 Å². The van der Waals surface area contributed by atoms with E-state index in [-0.39, 0.29) is 5.75 Å². The fraction of sp³-hybridized carbons (Fsp3) is 0.0588. The van der Waals surface area contributed by atoms with Gasteiger partial charge >= 0.3 is 0 Å². The average Bonchev–Trinajstić information content (AvgIpc) is 3.09. The third-order valence-electron chi connectivity index (χ3n) is 3.64. The summed E-state index contributed by atoms with van der Waals surface area (Å²) in [5.41, 5.74) is 2.56. The van der Waals surface area contributed by atoms with Crippen molar-refractivity contribution >= 4 is 34.3 Å². The molecule has 0 aliphatic heterocycles. The maximum atomic E-state index is 9.40. The lowest BCUT2D eigenvalue weighted by Crippen LogP contribution is -1.99. The van der Waals surface area contributed by atoms with Crippen LogP contribution >= 0.6 is 23.4 Å². The molecule has 2 heterocycles. The van der Waals surface area contributed by atoms with Crippen LogP contribution in [0.5, 0.6) is 5.75 Å². The second kappa shape index (κ2) is 6.70. The summed E-state index contributed by atoms with van der Waals surface area (Å²) in [6.45, 7) is 0. The van der Waals surface area contributed by atoms with Crippen molar-refractivity contribution in [1.82, 2.24) is 25.2 Å². The molecule has 0 radical (unpaired) electrons. The first-order valence-corrected chi connectivity index (χ1v) is 8.82. The number of halogens is 1. The van der Waals surface area contributed by atoms with Crippen LogP contribution in [0.4, 0.5) is 0 Å². The number of phenols is 1. The fourth-order valence-corrected chi connectivity index (χ4v) is 3.56. The Balaban J connectivity index is 1.59. The Morgan fingerprint density at radius 2 is 1.88 bits per heavy atom. The SMILES string of the molecule is Oc1ccc(-n2nnnc2SCc2cc3ccccc3nc2Cl)cc1. The molecule has 1 N–H and O–H groups in total. The molecule has 6 nitrogen and oxygen atoms in total. The van der Waals surface area contributed by atoms with Gasteiger partial charge in [0.1, 0.15) is 10.9 Å².